The van der Waals surface area contributed by atoms with Crippen molar-refractivity contribution in [2.45, 2.75) is 51.2 Å². The second kappa shape index (κ2) is 8.33. The Morgan fingerprint density at radius 1 is 1.33 bits per heavy atom. The third-order valence-electron chi connectivity index (χ3n) is 1.75. The van der Waals surface area contributed by atoms with Crippen LogP contribution in [-0.2, 0) is 0 Å². The smallest absolute Gasteiger partial charge is 0.0991 e. The van der Waals surface area contributed by atoms with E-state index in [4.69, 9.17) is 23.8 Å². The Morgan fingerprint density at radius 2 is 2.00 bits per heavy atom. The van der Waals surface area contributed by atoms with Crippen LogP contribution in [0.15, 0.2) is 0 Å². The molecular formula is C9H17ClS2. The molecule has 0 saturated carbocycles. The van der Waals surface area contributed by atoms with Crippen LogP contribution in [0.2, 0.25) is 0 Å². The third kappa shape index (κ3) is 7.38. The monoisotopic (exact) mass is 224 g/mol. The molecule has 1 atom stereocenters. The Kier molecular flexibility index (Phi) is 8.84. The van der Waals surface area contributed by atoms with Gasteiger partial charge in [0.05, 0.1) is 0 Å². The molecule has 0 aliphatic heterocycles. The number of thioether (sulfide) groups is 1. The average Bonchev–Trinajstić information content (AvgIpc) is 2.00. The number of unbranched alkanes of at least 4 members (excludes halogenated alkanes) is 1. The fourth-order valence-corrected chi connectivity index (χ4v) is 2.83. The van der Waals surface area contributed by atoms with Crippen LogP contribution in [0, 0.1) is 0 Å². The summed E-state index contributed by atoms with van der Waals surface area (Å²) in [5.74, 6) is 0. The summed E-state index contributed by atoms with van der Waals surface area (Å²) in [6.45, 7) is 4.42. The number of hydrogen-bond donors (Lipinski definition) is 0. The molecule has 0 heterocycles. The van der Waals surface area contributed by atoms with Crippen molar-refractivity contribution in [3.8, 4) is 0 Å². The first-order valence-corrected chi connectivity index (χ1v) is 6.23. The molecule has 0 aromatic carbocycles. The zero-order valence-corrected chi connectivity index (χ0v) is 10.2. The van der Waals surface area contributed by atoms with E-state index in [1.54, 1.807) is 11.8 Å². The Balaban J connectivity index is 3.61. The fraction of sp³-hybridized carbons (Fsp3) is 0.889. The predicted octanol–water partition coefficient (Wildman–Crippen LogP) is 4.60. The first-order chi connectivity index (χ1) is 5.70. The molecule has 0 bridgehead atoms. The van der Waals surface area contributed by atoms with Gasteiger partial charge in [0.15, 0.2) is 0 Å². The maximum Gasteiger partial charge on any atom is 0.137 e. The molecule has 72 valence electrons. The standard InChI is InChI=1S/C9H17ClS2/c1-3-5-7-8(6-4-2)12-9(10)11/h8H,3-7H2,1-2H3/t8-/m1/s1. The van der Waals surface area contributed by atoms with E-state index in [0.29, 0.717) is 8.91 Å². The van der Waals surface area contributed by atoms with Crippen LogP contribution in [0.4, 0.5) is 0 Å². The van der Waals surface area contributed by atoms with Gasteiger partial charge in [-0.05, 0) is 12.8 Å². The quantitative estimate of drug-likeness (QED) is 0.478. The molecule has 0 aliphatic rings. The van der Waals surface area contributed by atoms with Gasteiger partial charge in [0.2, 0.25) is 0 Å². The second-order valence-corrected chi connectivity index (χ2v) is 5.71. The van der Waals surface area contributed by atoms with E-state index >= 15 is 0 Å². The summed E-state index contributed by atoms with van der Waals surface area (Å²) in [7, 11) is 0. The van der Waals surface area contributed by atoms with Crippen LogP contribution in [0.3, 0.4) is 0 Å². The largest absolute Gasteiger partial charge is 0.137 e. The molecule has 12 heavy (non-hydrogen) atoms. The number of rotatable bonds is 6. The molecule has 0 N–H and O–H groups in total. The molecule has 0 aromatic heterocycles. The molecule has 0 nitrogen and oxygen atoms in total. The molecule has 0 rings (SSSR count). The van der Waals surface area contributed by atoms with E-state index in [1.807, 2.05) is 0 Å². The Morgan fingerprint density at radius 3 is 2.42 bits per heavy atom. The van der Waals surface area contributed by atoms with Gasteiger partial charge in [-0.3, -0.25) is 0 Å². The molecule has 0 unspecified atom stereocenters. The third-order valence-corrected chi connectivity index (χ3v) is 3.30. The van der Waals surface area contributed by atoms with Gasteiger partial charge in [-0.25, -0.2) is 0 Å². The van der Waals surface area contributed by atoms with Crippen molar-refractivity contribution < 1.29 is 0 Å². The van der Waals surface area contributed by atoms with Gasteiger partial charge in [-0.1, -0.05) is 68.7 Å². The summed E-state index contributed by atoms with van der Waals surface area (Å²) < 4.78 is 0.574. The lowest BCUT2D eigenvalue weighted by molar-refractivity contribution is 0.641. The summed E-state index contributed by atoms with van der Waals surface area (Å²) in [5, 5.41) is 0.653. The first kappa shape index (κ1) is 12.7. The van der Waals surface area contributed by atoms with Crippen LogP contribution in [-0.4, -0.2) is 8.91 Å². The zero-order valence-electron chi connectivity index (χ0n) is 7.81. The molecule has 0 radical (unpaired) electrons. The molecule has 0 saturated heterocycles. The molecule has 3 heteroatoms. The number of halogens is 1. The van der Waals surface area contributed by atoms with Crippen LogP contribution in [0.5, 0.6) is 0 Å². The molecular weight excluding hydrogens is 208 g/mol. The van der Waals surface area contributed by atoms with Crippen molar-refractivity contribution >= 4 is 39.2 Å². The lowest BCUT2D eigenvalue weighted by Gasteiger charge is -2.12. The maximum absolute atomic E-state index is 5.68. The maximum atomic E-state index is 5.68. The Labute approximate surface area is 90.4 Å². The zero-order chi connectivity index (χ0) is 9.40. The molecule has 0 fully saturated rings. The normalized spacial score (nSPS) is 12.9. The summed E-state index contributed by atoms with van der Waals surface area (Å²) in [5.41, 5.74) is 0. The van der Waals surface area contributed by atoms with Gasteiger partial charge in [0.25, 0.3) is 0 Å². The lowest BCUT2D eigenvalue weighted by Crippen LogP contribution is -2.03. The number of thiocarbonyl (C=S) groups is 1. The van der Waals surface area contributed by atoms with Gasteiger partial charge < -0.3 is 0 Å². The fourth-order valence-electron chi connectivity index (χ4n) is 1.15. The number of hydrogen-bond acceptors (Lipinski definition) is 2. The van der Waals surface area contributed by atoms with E-state index in [0.717, 1.165) is 0 Å². The van der Waals surface area contributed by atoms with Crippen molar-refractivity contribution in [2.75, 3.05) is 0 Å². The van der Waals surface area contributed by atoms with Crippen LogP contribution < -0.4 is 0 Å². The summed E-state index contributed by atoms with van der Waals surface area (Å²) >= 11 is 12.2. The summed E-state index contributed by atoms with van der Waals surface area (Å²) in [6.07, 6.45) is 6.26. The van der Waals surface area contributed by atoms with E-state index in [1.165, 1.54) is 32.1 Å². The van der Waals surface area contributed by atoms with Gasteiger partial charge in [0.1, 0.15) is 3.66 Å². The first-order valence-electron chi connectivity index (χ1n) is 4.56. The molecule has 0 spiro atoms. The van der Waals surface area contributed by atoms with Crippen molar-refractivity contribution in [2.24, 2.45) is 0 Å². The molecule has 0 aromatic rings. The van der Waals surface area contributed by atoms with Crippen LogP contribution >= 0.6 is 35.6 Å². The Bertz CT molecular complexity index is 126. The van der Waals surface area contributed by atoms with E-state index < -0.39 is 0 Å². The van der Waals surface area contributed by atoms with Crippen LogP contribution in [0.25, 0.3) is 0 Å². The highest BCUT2D eigenvalue weighted by Crippen LogP contribution is 2.24. The van der Waals surface area contributed by atoms with Gasteiger partial charge in [-0.15, -0.1) is 0 Å². The summed E-state index contributed by atoms with van der Waals surface area (Å²) in [4.78, 5) is 0. The lowest BCUT2D eigenvalue weighted by atomic mass is 10.1. The van der Waals surface area contributed by atoms with Crippen molar-refractivity contribution in [1.82, 2.24) is 0 Å². The molecule has 0 amide bonds. The highest BCUT2D eigenvalue weighted by molar-refractivity contribution is 8.26. The molecule has 0 aliphatic carbocycles. The van der Waals surface area contributed by atoms with Crippen molar-refractivity contribution in [1.29, 1.82) is 0 Å². The van der Waals surface area contributed by atoms with Crippen molar-refractivity contribution in [3.05, 3.63) is 0 Å². The topological polar surface area (TPSA) is 0 Å². The minimum absolute atomic E-state index is 0.574. The van der Waals surface area contributed by atoms with E-state index in [-0.39, 0.29) is 0 Å². The SMILES string of the molecule is CCCC[C@@H](CCC)SC(=S)Cl. The van der Waals surface area contributed by atoms with E-state index in [9.17, 15) is 0 Å². The highest BCUT2D eigenvalue weighted by atomic mass is 35.5. The minimum Gasteiger partial charge on any atom is -0.0991 e. The van der Waals surface area contributed by atoms with E-state index in [2.05, 4.69) is 13.8 Å². The Hall–Kier alpha value is 0.730. The predicted molar refractivity (Wildman–Crippen MR) is 64.3 cm³/mol. The highest BCUT2D eigenvalue weighted by Gasteiger charge is 2.08. The van der Waals surface area contributed by atoms with Crippen LogP contribution in [0.1, 0.15) is 46.0 Å². The van der Waals surface area contributed by atoms with Gasteiger partial charge in [0, 0.05) is 5.25 Å². The van der Waals surface area contributed by atoms with Gasteiger partial charge >= 0.3 is 0 Å². The van der Waals surface area contributed by atoms with Gasteiger partial charge in [-0.2, -0.15) is 0 Å². The average molecular weight is 225 g/mol. The minimum atomic E-state index is 0.574. The second-order valence-electron chi connectivity index (χ2n) is 2.91. The summed E-state index contributed by atoms with van der Waals surface area (Å²) in [6, 6.07) is 0. The van der Waals surface area contributed by atoms with Crippen molar-refractivity contribution in [3.63, 3.8) is 0 Å².